The molecule has 0 bridgehead atoms. The number of anilines is 1. The highest BCUT2D eigenvalue weighted by atomic mass is 16.3. The average molecular weight is 192 g/mol. The minimum Gasteiger partial charge on any atom is -0.392 e. The largest absolute Gasteiger partial charge is 0.392 e. The van der Waals surface area contributed by atoms with Gasteiger partial charge in [-0.05, 0) is 24.6 Å². The van der Waals surface area contributed by atoms with Crippen LogP contribution in [0.4, 0.5) is 5.82 Å². The van der Waals surface area contributed by atoms with E-state index in [1.807, 2.05) is 18.2 Å². The summed E-state index contributed by atoms with van der Waals surface area (Å²) in [6.07, 6.45) is 3.56. The summed E-state index contributed by atoms with van der Waals surface area (Å²) in [5.41, 5.74) is 0.887. The third-order valence-electron chi connectivity index (χ3n) is 2.05. The highest BCUT2D eigenvalue weighted by molar-refractivity contribution is 5.41. The predicted molar refractivity (Wildman–Crippen MR) is 58.2 cm³/mol. The van der Waals surface area contributed by atoms with Crippen molar-refractivity contribution >= 4 is 5.82 Å². The van der Waals surface area contributed by atoms with E-state index >= 15 is 0 Å². The maximum absolute atomic E-state index is 8.98. The molecule has 3 nitrogen and oxygen atoms in total. The summed E-state index contributed by atoms with van der Waals surface area (Å²) in [6.45, 7) is 7.48. The number of hydrogen-bond acceptors (Lipinski definition) is 3. The van der Waals surface area contributed by atoms with E-state index in [1.165, 1.54) is 0 Å². The lowest BCUT2D eigenvalue weighted by Crippen LogP contribution is -2.23. The molecule has 0 radical (unpaired) electrons. The molecular weight excluding hydrogens is 176 g/mol. The van der Waals surface area contributed by atoms with Gasteiger partial charge in [-0.15, -0.1) is 6.58 Å². The van der Waals surface area contributed by atoms with Crippen molar-refractivity contribution in [2.45, 2.75) is 13.5 Å². The van der Waals surface area contributed by atoms with Gasteiger partial charge in [-0.25, -0.2) is 4.98 Å². The standard InChI is InChI=1S/C11H16N2O/c1-3-7-13(4-2)11-8-10(9-14)5-6-12-11/h3,5-6,8,14H,1,4,7,9H2,2H3. The molecule has 0 atom stereocenters. The van der Waals surface area contributed by atoms with E-state index in [-0.39, 0.29) is 6.61 Å². The Kier molecular flexibility index (Phi) is 4.13. The molecule has 0 aromatic carbocycles. The maximum atomic E-state index is 8.98. The Balaban J connectivity index is 2.85. The number of hydrogen-bond donors (Lipinski definition) is 1. The monoisotopic (exact) mass is 192 g/mol. The molecule has 0 fully saturated rings. The van der Waals surface area contributed by atoms with Gasteiger partial charge in [0.2, 0.25) is 0 Å². The van der Waals surface area contributed by atoms with Crippen LogP contribution in [-0.4, -0.2) is 23.2 Å². The lowest BCUT2D eigenvalue weighted by atomic mass is 10.2. The first kappa shape index (κ1) is 10.7. The zero-order valence-electron chi connectivity index (χ0n) is 8.48. The Morgan fingerprint density at radius 2 is 2.43 bits per heavy atom. The Hall–Kier alpha value is -1.35. The fourth-order valence-corrected chi connectivity index (χ4v) is 1.27. The average Bonchev–Trinajstić information content (AvgIpc) is 2.26. The van der Waals surface area contributed by atoms with E-state index in [4.69, 9.17) is 5.11 Å². The van der Waals surface area contributed by atoms with Crippen LogP contribution in [0, 0.1) is 0 Å². The molecule has 1 heterocycles. The highest BCUT2D eigenvalue weighted by Gasteiger charge is 2.03. The van der Waals surface area contributed by atoms with Crippen molar-refractivity contribution in [3.05, 3.63) is 36.5 Å². The number of nitrogens with zero attached hydrogens (tertiary/aromatic N) is 2. The number of aromatic nitrogens is 1. The molecule has 1 N–H and O–H groups in total. The van der Waals surface area contributed by atoms with Crippen LogP contribution in [0.25, 0.3) is 0 Å². The quantitative estimate of drug-likeness (QED) is 0.720. The van der Waals surface area contributed by atoms with Crippen molar-refractivity contribution in [3.8, 4) is 0 Å². The molecule has 0 aliphatic rings. The molecule has 1 aromatic heterocycles. The number of aliphatic hydroxyl groups excluding tert-OH is 1. The second kappa shape index (κ2) is 5.40. The first-order chi connectivity index (χ1) is 6.81. The highest BCUT2D eigenvalue weighted by Crippen LogP contribution is 2.12. The molecule has 76 valence electrons. The second-order valence-corrected chi connectivity index (χ2v) is 3.01. The normalized spacial score (nSPS) is 9.86. The van der Waals surface area contributed by atoms with Crippen LogP contribution in [-0.2, 0) is 6.61 Å². The topological polar surface area (TPSA) is 36.4 Å². The maximum Gasteiger partial charge on any atom is 0.129 e. The molecular formula is C11H16N2O. The van der Waals surface area contributed by atoms with Gasteiger partial charge in [0.15, 0.2) is 0 Å². The van der Waals surface area contributed by atoms with Crippen molar-refractivity contribution in [1.29, 1.82) is 0 Å². The molecule has 0 saturated carbocycles. The molecule has 3 heteroatoms. The molecule has 0 aliphatic heterocycles. The predicted octanol–water partition coefficient (Wildman–Crippen LogP) is 1.59. The number of likely N-dealkylation sites (N-methyl/N-ethyl adjacent to an activating group) is 1. The van der Waals surface area contributed by atoms with Gasteiger partial charge >= 0.3 is 0 Å². The third kappa shape index (κ3) is 2.57. The lowest BCUT2D eigenvalue weighted by molar-refractivity contribution is 0.281. The molecule has 1 rings (SSSR count). The van der Waals surface area contributed by atoms with E-state index < -0.39 is 0 Å². The van der Waals surface area contributed by atoms with Crippen molar-refractivity contribution in [2.24, 2.45) is 0 Å². The van der Waals surface area contributed by atoms with Crippen LogP contribution >= 0.6 is 0 Å². The van der Waals surface area contributed by atoms with Crippen LogP contribution in [0.15, 0.2) is 31.0 Å². The molecule has 1 aromatic rings. The molecule has 0 aliphatic carbocycles. The second-order valence-electron chi connectivity index (χ2n) is 3.01. The fourth-order valence-electron chi connectivity index (χ4n) is 1.27. The summed E-state index contributed by atoms with van der Waals surface area (Å²) >= 11 is 0. The minimum atomic E-state index is 0.0567. The Labute approximate surface area is 84.7 Å². The first-order valence-electron chi connectivity index (χ1n) is 4.73. The molecule has 14 heavy (non-hydrogen) atoms. The van der Waals surface area contributed by atoms with E-state index in [0.717, 1.165) is 24.5 Å². The molecule has 0 saturated heterocycles. The summed E-state index contributed by atoms with van der Waals surface area (Å²) in [7, 11) is 0. The molecule has 0 amide bonds. The van der Waals surface area contributed by atoms with Crippen LogP contribution in [0.1, 0.15) is 12.5 Å². The first-order valence-corrected chi connectivity index (χ1v) is 4.73. The summed E-state index contributed by atoms with van der Waals surface area (Å²) in [4.78, 5) is 6.33. The third-order valence-corrected chi connectivity index (χ3v) is 2.05. The van der Waals surface area contributed by atoms with Crippen LogP contribution in [0.2, 0.25) is 0 Å². The Bertz CT molecular complexity index is 299. The summed E-state index contributed by atoms with van der Waals surface area (Å²) in [5, 5.41) is 8.98. The van der Waals surface area contributed by atoms with E-state index in [0.29, 0.717) is 0 Å². The summed E-state index contributed by atoms with van der Waals surface area (Å²) in [5.74, 6) is 0.888. The van der Waals surface area contributed by atoms with Gasteiger partial charge in [0.1, 0.15) is 5.82 Å². The van der Waals surface area contributed by atoms with Gasteiger partial charge in [0.25, 0.3) is 0 Å². The molecule has 0 spiro atoms. The van der Waals surface area contributed by atoms with Crippen molar-refractivity contribution in [3.63, 3.8) is 0 Å². The van der Waals surface area contributed by atoms with Gasteiger partial charge in [0, 0.05) is 19.3 Å². The van der Waals surface area contributed by atoms with Gasteiger partial charge in [-0.3, -0.25) is 0 Å². The van der Waals surface area contributed by atoms with Crippen LogP contribution in [0.3, 0.4) is 0 Å². The van der Waals surface area contributed by atoms with Gasteiger partial charge in [0.05, 0.1) is 6.61 Å². The minimum absolute atomic E-state index is 0.0567. The molecule has 0 unspecified atom stereocenters. The number of pyridine rings is 1. The summed E-state index contributed by atoms with van der Waals surface area (Å²) < 4.78 is 0. The zero-order chi connectivity index (χ0) is 10.4. The van der Waals surface area contributed by atoms with Gasteiger partial charge < -0.3 is 10.0 Å². The van der Waals surface area contributed by atoms with E-state index in [1.54, 1.807) is 6.20 Å². The Morgan fingerprint density at radius 3 is 3.00 bits per heavy atom. The fraction of sp³-hybridized carbons (Fsp3) is 0.364. The van der Waals surface area contributed by atoms with E-state index in [2.05, 4.69) is 23.4 Å². The van der Waals surface area contributed by atoms with Crippen molar-refractivity contribution in [2.75, 3.05) is 18.0 Å². The number of rotatable bonds is 5. The smallest absolute Gasteiger partial charge is 0.129 e. The SMILES string of the molecule is C=CCN(CC)c1cc(CO)ccn1. The lowest BCUT2D eigenvalue weighted by Gasteiger charge is -2.20. The van der Waals surface area contributed by atoms with Crippen LogP contribution < -0.4 is 4.90 Å². The van der Waals surface area contributed by atoms with Crippen LogP contribution in [0.5, 0.6) is 0 Å². The van der Waals surface area contributed by atoms with Gasteiger partial charge in [-0.2, -0.15) is 0 Å². The van der Waals surface area contributed by atoms with Gasteiger partial charge in [-0.1, -0.05) is 6.08 Å². The zero-order valence-corrected chi connectivity index (χ0v) is 8.48. The van der Waals surface area contributed by atoms with Crippen molar-refractivity contribution in [1.82, 2.24) is 4.98 Å². The number of aliphatic hydroxyl groups is 1. The Morgan fingerprint density at radius 1 is 1.64 bits per heavy atom. The van der Waals surface area contributed by atoms with E-state index in [9.17, 15) is 0 Å². The summed E-state index contributed by atoms with van der Waals surface area (Å²) in [6, 6.07) is 3.71. The van der Waals surface area contributed by atoms with Crippen molar-refractivity contribution < 1.29 is 5.11 Å².